The van der Waals surface area contributed by atoms with Gasteiger partial charge in [0, 0.05) is 72.6 Å². The van der Waals surface area contributed by atoms with E-state index in [9.17, 15) is 40.9 Å². The van der Waals surface area contributed by atoms with Gasteiger partial charge in [-0.05, 0) is 175 Å². The summed E-state index contributed by atoms with van der Waals surface area (Å²) in [5.74, 6) is 2.16. The van der Waals surface area contributed by atoms with Crippen LogP contribution in [0.3, 0.4) is 0 Å². The Kier molecular flexibility index (Phi) is 23.7. The Hall–Kier alpha value is -6.56. The Morgan fingerprint density at radius 1 is 0.312 bits per heavy atom. The fraction of sp³-hybridized carbons (Fsp3) is 0.670. The summed E-state index contributed by atoms with van der Waals surface area (Å²) >= 11 is 0. The molecule has 4 spiro atoms. The molecule has 680 valence electrons. The van der Waals surface area contributed by atoms with E-state index in [0.717, 1.165) is 70.7 Å². The van der Waals surface area contributed by atoms with E-state index in [1.165, 1.54) is 0 Å². The molecular weight excluding hydrogens is 1610 g/mol. The average Bonchev–Trinajstić information content (AvgIpc) is 1.56. The minimum Gasteiger partial charge on any atom is -0.504 e. The van der Waals surface area contributed by atoms with Crippen molar-refractivity contribution in [3.05, 3.63) is 144 Å². The van der Waals surface area contributed by atoms with E-state index in [4.69, 9.17) is 75.8 Å². The number of benzene rings is 4. The molecule has 125 heavy (non-hydrogen) atoms. The van der Waals surface area contributed by atoms with E-state index in [0.29, 0.717) is 152 Å². The van der Waals surface area contributed by atoms with Gasteiger partial charge >= 0.3 is 0 Å². The first-order valence-electron chi connectivity index (χ1n) is 46.3. The molecule has 0 aromatic heterocycles. The third kappa shape index (κ3) is 13.4. The summed E-state index contributed by atoms with van der Waals surface area (Å²) in [4.78, 5) is 9.36. The summed E-state index contributed by atoms with van der Waals surface area (Å²) in [5.41, 5.74) is -0.0549. The molecular formula is C97H128N4O24. The SMILES string of the molecule is C=CCN1CC[C@]23c4c5ccc(O)c4OC2C(OCCOCCOCC(COCCOCCOC2CC[C@@]4(O)C6Cc7ccc(O)c8c7[C@@]4(CCN6CC=C)[C@H]2O8)(COCCOCCOC2CC[C@@]4(O)C6Cc7ccc(O)c8c7[C@@]4(CCN6CC=C)[C@H]2O8)COCCOCCO[C@H]2CC[C@@]4(O)C6Cc7ccc(O)c8c7[C@@]4(CCN6CC=C)C2O8)CC[C@@]3(O)C1C5. The Balaban J connectivity index is 0.483. The predicted molar refractivity (Wildman–Crippen MR) is 457 cm³/mol. The molecule has 4 aromatic carbocycles. The van der Waals surface area contributed by atoms with Crippen LogP contribution < -0.4 is 18.9 Å². The lowest BCUT2D eigenvalue weighted by molar-refractivity contribution is -0.215. The molecule has 4 aromatic rings. The minimum atomic E-state index is -1.08. The summed E-state index contributed by atoms with van der Waals surface area (Å²) in [7, 11) is 0. The van der Waals surface area contributed by atoms with Crippen LogP contribution in [0.5, 0.6) is 46.0 Å². The summed E-state index contributed by atoms with van der Waals surface area (Å²) in [6.45, 7) is 26.4. The van der Waals surface area contributed by atoms with Crippen molar-refractivity contribution < 1.29 is 117 Å². The maximum absolute atomic E-state index is 12.9. The lowest BCUT2D eigenvalue weighted by Gasteiger charge is -2.64. The first-order chi connectivity index (χ1) is 60.8. The zero-order chi connectivity index (χ0) is 85.9. The number of likely N-dealkylation sites (tertiary alicyclic amines) is 4. The largest absolute Gasteiger partial charge is 0.504 e. The van der Waals surface area contributed by atoms with Crippen LogP contribution in [-0.4, -0.2) is 340 Å². The summed E-state index contributed by atoms with van der Waals surface area (Å²) in [6.07, 6.45) is 13.8. The van der Waals surface area contributed by atoms with Crippen LogP contribution in [0.15, 0.2) is 99.2 Å². The summed E-state index contributed by atoms with van der Waals surface area (Å²) in [6, 6.07) is 14.3. The Morgan fingerprint density at radius 2 is 0.528 bits per heavy atom. The maximum atomic E-state index is 12.9. The fourth-order valence-corrected chi connectivity index (χ4v) is 27.9. The molecule has 8 N–H and O–H groups in total. The molecule has 16 aliphatic rings. The van der Waals surface area contributed by atoms with Gasteiger partial charge < -0.3 is 117 Å². The zero-order valence-electron chi connectivity index (χ0n) is 72.2. The van der Waals surface area contributed by atoms with Crippen LogP contribution in [0.1, 0.15) is 122 Å². The lowest BCUT2D eigenvalue weighted by Crippen LogP contribution is -2.77. The van der Waals surface area contributed by atoms with Gasteiger partial charge in [0.15, 0.2) is 46.0 Å². The average molecular weight is 1730 g/mol. The minimum absolute atomic E-state index is 0.0771. The molecule has 28 nitrogen and oxygen atoms in total. The van der Waals surface area contributed by atoms with Gasteiger partial charge in [-0.2, -0.15) is 0 Å². The molecule has 20 atom stereocenters. The Bertz CT molecular complexity index is 4100. The summed E-state index contributed by atoms with van der Waals surface area (Å²) in [5, 5.41) is 96.7. The van der Waals surface area contributed by atoms with Crippen molar-refractivity contribution in [3.8, 4) is 46.0 Å². The van der Waals surface area contributed by atoms with Crippen LogP contribution in [0.4, 0.5) is 0 Å². The number of phenolic OH excluding ortho intramolecular Hbond substituents is 4. The topological polar surface area (TPSA) is 322 Å². The predicted octanol–water partition coefficient (Wildman–Crippen LogP) is 6.63. The Labute approximate surface area is 732 Å². The van der Waals surface area contributed by atoms with Gasteiger partial charge in [-0.25, -0.2) is 0 Å². The van der Waals surface area contributed by atoms with Gasteiger partial charge in [0.25, 0.3) is 0 Å². The first-order valence-corrected chi connectivity index (χ1v) is 46.3. The quantitative estimate of drug-likeness (QED) is 0.0170. The van der Waals surface area contributed by atoms with Crippen molar-refractivity contribution in [3.63, 3.8) is 0 Å². The number of phenols is 4. The highest BCUT2D eigenvalue weighted by Crippen LogP contribution is 2.71. The smallest absolute Gasteiger partial charge is 0.165 e. The molecule has 9 unspecified atom stereocenters. The van der Waals surface area contributed by atoms with Gasteiger partial charge in [0.05, 0.1) is 206 Å². The number of aliphatic hydroxyl groups is 4. The number of ether oxygens (including phenoxy) is 16. The number of hydrogen-bond acceptors (Lipinski definition) is 28. The standard InChI is InChI=1S/C97H128N4O24/c1-5-29-98-33-25-90-77-61-9-13-65(102)81(77)122-85(90)69(17-21-94(90,106)73(98)53-61)118-49-45-110-37-41-114-57-89(58-115-42-38-111-46-50-119-70-18-22-95(107)74-54-62-10-14-66(103)82-78(62)91(95,86(70)123-82)26-34-99(74)30-6-2,59-116-43-39-112-47-51-120-71-19-23-96(108)75-55-63-11-15-67(104)83-79(63)92(96,87(71)124-83)27-35-100(75)31-7-3)60-117-44-40-113-48-52-121-72-20-24-97(109)76-56-64-12-16-68(105)84-80(64)93(97,88(72)125-84)28-36-101(76)32-8-4/h5-16,69-76,85-88,102-109H,1-4,17-60H2/t69-,70?,71?,72?,73?,74?,75?,76?,85?,86-,87-,88?,89?,90-,91-,92-,93-,94+,95+,96+,97+/m0/s1. The highest BCUT2D eigenvalue weighted by Gasteiger charge is 2.78. The molecule has 8 heterocycles. The monoisotopic (exact) mass is 1730 g/mol. The number of piperidine rings is 4. The van der Waals surface area contributed by atoms with Gasteiger partial charge in [0.2, 0.25) is 0 Å². The highest BCUT2D eigenvalue weighted by atomic mass is 16.6. The van der Waals surface area contributed by atoms with E-state index in [1.54, 1.807) is 24.3 Å². The molecule has 4 saturated carbocycles. The fourth-order valence-electron chi connectivity index (χ4n) is 27.9. The second kappa shape index (κ2) is 34.3. The number of nitrogens with zero attached hydrogens (tertiary/aromatic N) is 4. The normalized spacial score (nSPS) is 36.3. The van der Waals surface area contributed by atoms with E-state index in [1.807, 2.05) is 48.6 Å². The van der Waals surface area contributed by atoms with E-state index in [2.05, 4.69) is 45.9 Å². The maximum Gasteiger partial charge on any atom is 0.165 e. The van der Waals surface area contributed by atoms with Crippen LogP contribution >= 0.6 is 0 Å². The van der Waals surface area contributed by atoms with Crippen molar-refractivity contribution in [1.82, 2.24) is 19.6 Å². The third-order valence-corrected chi connectivity index (χ3v) is 32.9. The lowest BCUT2D eigenvalue weighted by atomic mass is 9.48. The molecule has 8 fully saturated rings. The second-order valence-electron chi connectivity index (χ2n) is 38.5. The molecule has 0 amide bonds. The van der Waals surface area contributed by atoms with Crippen molar-refractivity contribution in [2.24, 2.45) is 5.41 Å². The molecule has 8 bridgehead atoms. The zero-order valence-corrected chi connectivity index (χ0v) is 72.2. The molecule has 4 saturated heterocycles. The molecule has 8 aliphatic heterocycles. The second-order valence-corrected chi connectivity index (χ2v) is 38.5. The summed E-state index contributed by atoms with van der Waals surface area (Å²) < 4.78 is 105. The first kappa shape index (κ1) is 86.5. The Morgan fingerprint density at radius 3 is 0.752 bits per heavy atom. The molecule has 8 aliphatic carbocycles. The van der Waals surface area contributed by atoms with Gasteiger partial charge in [-0.1, -0.05) is 48.6 Å². The van der Waals surface area contributed by atoms with Crippen molar-refractivity contribution in [2.75, 3.05) is 184 Å². The third-order valence-electron chi connectivity index (χ3n) is 32.9. The van der Waals surface area contributed by atoms with E-state index >= 15 is 0 Å². The van der Waals surface area contributed by atoms with Crippen LogP contribution in [-0.2, 0) is 104 Å². The molecule has 20 rings (SSSR count). The highest BCUT2D eigenvalue weighted by molar-refractivity contribution is 5.67. The van der Waals surface area contributed by atoms with Crippen molar-refractivity contribution >= 4 is 0 Å². The number of hydrogen-bond donors (Lipinski definition) is 8. The van der Waals surface area contributed by atoms with Gasteiger partial charge in [-0.15, -0.1) is 26.3 Å². The number of aromatic hydroxyl groups is 4. The van der Waals surface area contributed by atoms with Crippen LogP contribution in [0.25, 0.3) is 0 Å². The van der Waals surface area contributed by atoms with Crippen LogP contribution in [0, 0.1) is 5.41 Å². The van der Waals surface area contributed by atoms with Gasteiger partial charge in [-0.3, -0.25) is 19.6 Å². The van der Waals surface area contributed by atoms with Crippen molar-refractivity contribution in [2.45, 2.75) is 220 Å². The van der Waals surface area contributed by atoms with E-state index in [-0.39, 0.29) is 204 Å². The molecule has 0 radical (unpaired) electrons. The van der Waals surface area contributed by atoms with Gasteiger partial charge in [0.1, 0.15) is 24.4 Å². The van der Waals surface area contributed by atoms with Crippen LogP contribution in [0.2, 0.25) is 0 Å². The van der Waals surface area contributed by atoms with E-state index < -0.39 is 73.9 Å². The van der Waals surface area contributed by atoms with Crippen molar-refractivity contribution in [1.29, 1.82) is 0 Å². The molecule has 28 heteroatoms. The number of rotatable bonds is 44.